The van der Waals surface area contributed by atoms with Gasteiger partial charge in [0.2, 0.25) is 5.91 Å². The van der Waals surface area contributed by atoms with Crippen LogP contribution >= 0.6 is 0 Å². The molecule has 1 aromatic heterocycles. The van der Waals surface area contributed by atoms with Crippen molar-refractivity contribution in [3.63, 3.8) is 0 Å². The van der Waals surface area contributed by atoms with E-state index in [1.54, 1.807) is 13.0 Å². The van der Waals surface area contributed by atoms with E-state index in [1.165, 1.54) is 18.2 Å². The van der Waals surface area contributed by atoms with Crippen molar-refractivity contribution in [2.24, 2.45) is 0 Å². The number of anilines is 1. The summed E-state index contributed by atoms with van der Waals surface area (Å²) in [5.74, 6) is -0.601. The van der Waals surface area contributed by atoms with Crippen molar-refractivity contribution >= 4 is 11.6 Å². The monoisotopic (exact) mass is 410 g/mol. The van der Waals surface area contributed by atoms with Gasteiger partial charge in [0.15, 0.2) is 0 Å². The molecule has 1 N–H and O–H groups in total. The number of nitrogens with zero attached hydrogens (tertiary/aromatic N) is 3. The number of nitrogens with one attached hydrogen (secondary N) is 1. The van der Waals surface area contributed by atoms with E-state index < -0.39 is 23.2 Å². The van der Waals surface area contributed by atoms with Gasteiger partial charge < -0.3 is 15.0 Å². The number of benzene rings is 1. The number of amides is 1. The Morgan fingerprint density at radius 3 is 2.62 bits per heavy atom. The van der Waals surface area contributed by atoms with Gasteiger partial charge in [-0.1, -0.05) is 6.07 Å². The van der Waals surface area contributed by atoms with Gasteiger partial charge in [0.05, 0.1) is 24.5 Å². The maximum absolute atomic E-state index is 13.6. The molecule has 29 heavy (non-hydrogen) atoms. The first-order chi connectivity index (χ1) is 13.7. The lowest BCUT2D eigenvalue weighted by Crippen LogP contribution is -2.36. The van der Waals surface area contributed by atoms with Crippen LogP contribution in [0.4, 0.5) is 18.9 Å². The third kappa shape index (κ3) is 5.35. The van der Waals surface area contributed by atoms with E-state index in [1.807, 2.05) is 4.90 Å². The number of alkyl halides is 3. The van der Waals surface area contributed by atoms with Gasteiger partial charge in [0.25, 0.3) is 5.56 Å². The number of carbonyl (C=O) groups is 1. The first-order valence-electron chi connectivity index (χ1n) is 9.08. The summed E-state index contributed by atoms with van der Waals surface area (Å²) >= 11 is 0. The second-order valence-electron chi connectivity index (χ2n) is 6.69. The highest BCUT2D eigenvalue weighted by atomic mass is 19.4. The molecule has 0 bridgehead atoms. The molecule has 0 aliphatic carbocycles. The summed E-state index contributed by atoms with van der Waals surface area (Å²) in [5.41, 5.74) is -0.293. The summed E-state index contributed by atoms with van der Waals surface area (Å²) in [4.78, 5) is 25.7. The van der Waals surface area contributed by atoms with E-state index >= 15 is 0 Å². The largest absolute Gasteiger partial charge is 0.416 e. The fraction of sp³-hybridized carbons (Fsp3) is 0.421. The zero-order chi connectivity index (χ0) is 21.0. The normalized spacial score (nSPS) is 14.7. The molecule has 1 fully saturated rings. The summed E-state index contributed by atoms with van der Waals surface area (Å²) in [6.07, 6.45) is -4.56. The van der Waals surface area contributed by atoms with Crippen LogP contribution in [-0.2, 0) is 28.8 Å². The third-order valence-corrected chi connectivity index (χ3v) is 4.54. The third-order valence-electron chi connectivity index (χ3n) is 4.54. The van der Waals surface area contributed by atoms with E-state index in [9.17, 15) is 22.8 Å². The van der Waals surface area contributed by atoms with Crippen LogP contribution in [0, 0.1) is 6.92 Å². The standard InChI is InChI=1S/C19H21F3N4O3/c1-13-2-5-18(28)26(24-13)12-17(27)23-11-14-3-4-15(10-16(14)19(20,21)22)25-6-8-29-9-7-25/h2-5,10H,6-9,11-12H2,1H3,(H,23,27). The van der Waals surface area contributed by atoms with Crippen LogP contribution < -0.4 is 15.8 Å². The summed E-state index contributed by atoms with van der Waals surface area (Å²) in [6, 6.07) is 6.86. The molecule has 0 spiro atoms. The molecule has 1 aliphatic heterocycles. The van der Waals surface area contributed by atoms with Crippen molar-refractivity contribution in [2.45, 2.75) is 26.2 Å². The topological polar surface area (TPSA) is 76.5 Å². The molecule has 10 heteroatoms. The summed E-state index contributed by atoms with van der Waals surface area (Å²) < 4.78 is 46.9. The number of aryl methyl sites for hydroxylation is 1. The van der Waals surface area contributed by atoms with Crippen molar-refractivity contribution in [3.05, 3.63) is 57.5 Å². The van der Waals surface area contributed by atoms with Crippen LogP contribution in [0.5, 0.6) is 0 Å². The molecule has 2 aromatic rings. The van der Waals surface area contributed by atoms with Crippen molar-refractivity contribution in [1.82, 2.24) is 15.1 Å². The molecule has 3 rings (SSSR count). The summed E-state index contributed by atoms with van der Waals surface area (Å²) in [7, 11) is 0. The van der Waals surface area contributed by atoms with E-state index in [4.69, 9.17) is 4.74 Å². The Kier molecular flexibility index (Phi) is 6.21. The van der Waals surface area contributed by atoms with Gasteiger partial charge in [-0.15, -0.1) is 0 Å². The smallest absolute Gasteiger partial charge is 0.378 e. The van der Waals surface area contributed by atoms with Crippen molar-refractivity contribution in [3.8, 4) is 0 Å². The average Bonchev–Trinajstić information content (AvgIpc) is 2.69. The second kappa shape index (κ2) is 8.64. The molecule has 0 unspecified atom stereocenters. The maximum Gasteiger partial charge on any atom is 0.416 e. The number of halogens is 3. The van der Waals surface area contributed by atoms with Gasteiger partial charge in [-0.25, -0.2) is 4.68 Å². The number of carbonyl (C=O) groups excluding carboxylic acids is 1. The Labute approximate surface area is 165 Å². The molecule has 7 nitrogen and oxygen atoms in total. The Morgan fingerprint density at radius 2 is 1.93 bits per heavy atom. The zero-order valence-electron chi connectivity index (χ0n) is 15.8. The Morgan fingerprint density at radius 1 is 1.21 bits per heavy atom. The predicted molar refractivity (Wildman–Crippen MR) is 99.6 cm³/mol. The number of hydrogen-bond donors (Lipinski definition) is 1. The van der Waals surface area contributed by atoms with Crippen LogP contribution in [0.3, 0.4) is 0 Å². The highest BCUT2D eigenvalue weighted by Crippen LogP contribution is 2.35. The fourth-order valence-electron chi connectivity index (χ4n) is 3.05. The predicted octanol–water partition coefficient (Wildman–Crippen LogP) is 1.72. The molecule has 156 valence electrons. The SMILES string of the molecule is Cc1ccc(=O)n(CC(=O)NCc2ccc(N3CCOCC3)cc2C(F)(F)F)n1. The van der Waals surface area contributed by atoms with Crippen molar-refractivity contribution in [2.75, 3.05) is 31.2 Å². The van der Waals surface area contributed by atoms with Crippen LogP contribution in [-0.4, -0.2) is 42.0 Å². The van der Waals surface area contributed by atoms with Gasteiger partial charge in [0.1, 0.15) is 6.54 Å². The number of rotatable bonds is 5. The van der Waals surface area contributed by atoms with Crippen LogP contribution in [0.15, 0.2) is 35.1 Å². The van der Waals surface area contributed by atoms with E-state index in [2.05, 4.69) is 10.4 Å². The molecule has 1 amide bonds. The van der Waals surface area contributed by atoms with Crippen molar-refractivity contribution < 1.29 is 22.7 Å². The number of morpholine rings is 1. The van der Waals surface area contributed by atoms with E-state index in [-0.39, 0.29) is 18.7 Å². The molecule has 0 saturated carbocycles. The van der Waals surface area contributed by atoms with Crippen LogP contribution in [0.25, 0.3) is 0 Å². The van der Waals surface area contributed by atoms with Gasteiger partial charge in [-0.05, 0) is 30.7 Å². The van der Waals surface area contributed by atoms with Crippen molar-refractivity contribution in [1.29, 1.82) is 0 Å². The Hall–Kier alpha value is -2.88. The van der Waals surface area contributed by atoms with Gasteiger partial charge >= 0.3 is 6.18 Å². The molecule has 0 atom stereocenters. The first kappa shape index (κ1) is 20.8. The van der Waals surface area contributed by atoms with Gasteiger partial charge in [-0.2, -0.15) is 18.3 Å². The highest BCUT2D eigenvalue weighted by molar-refractivity contribution is 5.75. The second-order valence-corrected chi connectivity index (χ2v) is 6.69. The van der Waals surface area contributed by atoms with Crippen LogP contribution in [0.1, 0.15) is 16.8 Å². The van der Waals surface area contributed by atoms with E-state index in [0.29, 0.717) is 37.7 Å². The fourth-order valence-corrected chi connectivity index (χ4v) is 3.05. The molecule has 1 saturated heterocycles. The zero-order valence-corrected chi connectivity index (χ0v) is 15.8. The minimum absolute atomic E-state index is 0.0487. The maximum atomic E-state index is 13.6. The minimum atomic E-state index is -4.56. The molecule has 2 heterocycles. The lowest BCUT2D eigenvalue weighted by molar-refractivity contribution is -0.138. The van der Waals surface area contributed by atoms with Crippen LogP contribution in [0.2, 0.25) is 0 Å². The Bertz CT molecular complexity index is 937. The quantitative estimate of drug-likeness (QED) is 0.813. The highest BCUT2D eigenvalue weighted by Gasteiger charge is 2.34. The Balaban J connectivity index is 1.73. The molecule has 1 aromatic carbocycles. The molecular formula is C19H21F3N4O3. The summed E-state index contributed by atoms with van der Waals surface area (Å²) in [5, 5.41) is 6.37. The molecule has 1 aliphatic rings. The number of ether oxygens (including phenoxy) is 1. The van der Waals surface area contributed by atoms with E-state index in [0.717, 1.165) is 10.7 Å². The minimum Gasteiger partial charge on any atom is -0.378 e. The van der Waals surface area contributed by atoms with Gasteiger partial charge in [0, 0.05) is 31.4 Å². The molecular weight excluding hydrogens is 389 g/mol. The summed E-state index contributed by atoms with van der Waals surface area (Å²) in [6.45, 7) is 2.96. The number of hydrogen-bond acceptors (Lipinski definition) is 5. The molecule has 0 radical (unpaired) electrons. The number of aromatic nitrogens is 2. The lowest BCUT2D eigenvalue weighted by Gasteiger charge is -2.29. The first-order valence-corrected chi connectivity index (χ1v) is 9.08. The average molecular weight is 410 g/mol. The van der Waals surface area contributed by atoms with Gasteiger partial charge in [-0.3, -0.25) is 9.59 Å². The lowest BCUT2D eigenvalue weighted by atomic mass is 10.0.